The average molecular weight is 231 g/mol. The molecule has 0 radical (unpaired) electrons. The Labute approximate surface area is 105 Å². The molecule has 0 aliphatic heterocycles. The van der Waals surface area contributed by atoms with Crippen molar-refractivity contribution in [2.24, 2.45) is 11.1 Å². The van der Waals surface area contributed by atoms with Crippen LogP contribution >= 0.6 is 0 Å². The van der Waals surface area contributed by atoms with E-state index in [1.54, 1.807) is 11.1 Å². The first-order chi connectivity index (χ1) is 8.12. The van der Waals surface area contributed by atoms with Crippen molar-refractivity contribution in [1.82, 2.24) is 0 Å². The molecule has 1 aromatic rings. The van der Waals surface area contributed by atoms with Crippen molar-refractivity contribution >= 4 is 0 Å². The van der Waals surface area contributed by atoms with Crippen molar-refractivity contribution in [1.29, 1.82) is 0 Å². The van der Waals surface area contributed by atoms with Crippen LogP contribution in [0.3, 0.4) is 0 Å². The van der Waals surface area contributed by atoms with E-state index < -0.39 is 0 Å². The SMILES string of the molecule is CCCC1(CCN)Cc2c(C)ccc(C)c2C1. The molecule has 0 atom stereocenters. The molecule has 0 saturated heterocycles. The zero-order valence-electron chi connectivity index (χ0n) is 11.5. The van der Waals surface area contributed by atoms with Crippen LogP contribution in [0.5, 0.6) is 0 Å². The molecule has 0 amide bonds. The van der Waals surface area contributed by atoms with Crippen LogP contribution in [0.15, 0.2) is 12.1 Å². The lowest BCUT2D eigenvalue weighted by atomic mass is 9.77. The molecule has 1 heteroatoms. The highest BCUT2D eigenvalue weighted by Crippen LogP contribution is 2.45. The molecule has 2 N–H and O–H groups in total. The van der Waals surface area contributed by atoms with Crippen LogP contribution in [0.2, 0.25) is 0 Å². The van der Waals surface area contributed by atoms with E-state index in [9.17, 15) is 0 Å². The van der Waals surface area contributed by atoms with Gasteiger partial charge in [0.1, 0.15) is 0 Å². The molecule has 1 aromatic carbocycles. The lowest BCUT2D eigenvalue weighted by Gasteiger charge is -2.28. The smallest absolute Gasteiger partial charge is 0.00718 e. The summed E-state index contributed by atoms with van der Waals surface area (Å²) in [5.41, 5.74) is 12.5. The standard InChI is InChI=1S/C16H25N/c1-4-7-16(8-9-17)10-14-12(2)5-6-13(3)15(14)11-16/h5-6H,4,7-11,17H2,1-3H3. The van der Waals surface area contributed by atoms with Gasteiger partial charge in [0.15, 0.2) is 0 Å². The van der Waals surface area contributed by atoms with E-state index in [0.29, 0.717) is 5.41 Å². The summed E-state index contributed by atoms with van der Waals surface area (Å²) >= 11 is 0. The Bertz CT molecular complexity index is 367. The van der Waals surface area contributed by atoms with Crippen molar-refractivity contribution in [3.63, 3.8) is 0 Å². The van der Waals surface area contributed by atoms with E-state index in [1.807, 2.05) is 0 Å². The van der Waals surface area contributed by atoms with Crippen molar-refractivity contribution in [3.05, 3.63) is 34.4 Å². The number of nitrogens with two attached hydrogens (primary N) is 1. The Morgan fingerprint density at radius 1 is 1.06 bits per heavy atom. The largest absolute Gasteiger partial charge is 0.330 e. The van der Waals surface area contributed by atoms with Crippen molar-refractivity contribution in [2.45, 2.75) is 52.9 Å². The minimum Gasteiger partial charge on any atom is -0.330 e. The minimum absolute atomic E-state index is 0.461. The molecule has 94 valence electrons. The van der Waals surface area contributed by atoms with Crippen molar-refractivity contribution in [3.8, 4) is 0 Å². The molecule has 17 heavy (non-hydrogen) atoms. The number of aryl methyl sites for hydroxylation is 2. The van der Waals surface area contributed by atoms with E-state index in [1.165, 1.54) is 43.2 Å². The van der Waals surface area contributed by atoms with Crippen LogP contribution in [0.1, 0.15) is 48.4 Å². The first-order valence-electron chi connectivity index (χ1n) is 6.90. The van der Waals surface area contributed by atoms with E-state index in [2.05, 4.69) is 32.9 Å². The molecule has 1 aliphatic rings. The normalized spacial score (nSPS) is 17.2. The predicted octanol–water partition coefficient (Wildman–Crippen LogP) is 3.54. The van der Waals surface area contributed by atoms with Crippen LogP contribution < -0.4 is 5.73 Å². The fourth-order valence-corrected chi connectivity index (χ4v) is 3.55. The van der Waals surface area contributed by atoms with Gasteiger partial charge in [-0.2, -0.15) is 0 Å². The molecule has 1 aliphatic carbocycles. The molecule has 0 heterocycles. The lowest BCUT2D eigenvalue weighted by Crippen LogP contribution is -2.25. The number of rotatable bonds is 4. The van der Waals surface area contributed by atoms with Gasteiger partial charge in [0.05, 0.1) is 0 Å². The van der Waals surface area contributed by atoms with E-state index in [0.717, 1.165) is 6.54 Å². The number of hydrogen-bond donors (Lipinski definition) is 1. The molecule has 0 saturated carbocycles. The predicted molar refractivity (Wildman–Crippen MR) is 74.3 cm³/mol. The Hall–Kier alpha value is -0.820. The molecular weight excluding hydrogens is 206 g/mol. The third kappa shape index (κ3) is 2.26. The minimum atomic E-state index is 0.461. The van der Waals surface area contributed by atoms with Crippen LogP contribution in [-0.2, 0) is 12.8 Å². The summed E-state index contributed by atoms with van der Waals surface area (Å²) in [5, 5.41) is 0. The second kappa shape index (κ2) is 4.81. The van der Waals surface area contributed by atoms with Crippen molar-refractivity contribution in [2.75, 3.05) is 6.54 Å². The Balaban J connectivity index is 2.35. The maximum atomic E-state index is 5.83. The summed E-state index contributed by atoms with van der Waals surface area (Å²) in [5.74, 6) is 0. The van der Waals surface area contributed by atoms with E-state index in [4.69, 9.17) is 5.73 Å². The van der Waals surface area contributed by atoms with Crippen LogP contribution in [0.4, 0.5) is 0 Å². The molecule has 0 aromatic heterocycles. The van der Waals surface area contributed by atoms with Crippen LogP contribution in [0.25, 0.3) is 0 Å². The highest BCUT2D eigenvalue weighted by atomic mass is 14.6. The fraction of sp³-hybridized carbons (Fsp3) is 0.625. The summed E-state index contributed by atoms with van der Waals surface area (Å²) in [7, 11) is 0. The van der Waals surface area contributed by atoms with Gasteiger partial charge in [-0.1, -0.05) is 25.5 Å². The summed E-state index contributed by atoms with van der Waals surface area (Å²) in [6.45, 7) is 7.62. The zero-order valence-corrected chi connectivity index (χ0v) is 11.5. The highest BCUT2D eigenvalue weighted by Gasteiger charge is 2.36. The van der Waals surface area contributed by atoms with Crippen LogP contribution in [-0.4, -0.2) is 6.54 Å². The quantitative estimate of drug-likeness (QED) is 0.842. The van der Waals surface area contributed by atoms with Gasteiger partial charge in [0, 0.05) is 0 Å². The van der Waals surface area contributed by atoms with Gasteiger partial charge in [-0.25, -0.2) is 0 Å². The van der Waals surface area contributed by atoms with E-state index in [-0.39, 0.29) is 0 Å². The van der Waals surface area contributed by atoms with Gasteiger partial charge in [-0.05, 0) is 73.7 Å². The summed E-state index contributed by atoms with van der Waals surface area (Å²) in [6.07, 6.45) is 6.26. The van der Waals surface area contributed by atoms with Gasteiger partial charge in [0.2, 0.25) is 0 Å². The molecule has 0 bridgehead atoms. The topological polar surface area (TPSA) is 26.0 Å². The average Bonchev–Trinajstić information content (AvgIpc) is 2.66. The molecule has 0 fully saturated rings. The molecular formula is C16H25N. The number of hydrogen-bond acceptors (Lipinski definition) is 1. The van der Waals surface area contributed by atoms with Gasteiger partial charge >= 0.3 is 0 Å². The Kier molecular flexibility index (Phi) is 3.58. The summed E-state index contributed by atoms with van der Waals surface area (Å²) in [6, 6.07) is 4.55. The molecule has 0 unspecified atom stereocenters. The second-order valence-electron chi connectivity index (χ2n) is 5.80. The number of fused-ring (bicyclic) bond motifs is 1. The fourth-order valence-electron chi connectivity index (χ4n) is 3.55. The Morgan fingerprint density at radius 2 is 1.59 bits per heavy atom. The summed E-state index contributed by atoms with van der Waals surface area (Å²) in [4.78, 5) is 0. The van der Waals surface area contributed by atoms with Crippen molar-refractivity contribution < 1.29 is 0 Å². The molecule has 2 rings (SSSR count). The van der Waals surface area contributed by atoms with Gasteiger partial charge in [0.25, 0.3) is 0 Å². The highest BCUT2D eigenvalue weighted by molar-refractivity contribution is 5.45. The summed E-state index contributed by atoms with van der Waals surface area (Å²) < 4.78 is 0. The maximum Gasteiger partial charge on any atom is -0.00718 e. The first-order valence-corrected chi connectivity index (χ1v) is 6.90. The maximum absolute atomic E-state index is 5.83. The van der Waals surface area contributed by atoms with Gasteiger partial charge in [-0.3, -0.25) is 0 Å². The molecule has 0 spiro atoms. The third-order valence-electron chi connectivity index (χ3n) is 4.46. The number of benzene rings is 1. The zero-order chi connectivity index (χ0) is 12.5. The molecule has 1 nitrogen and oxygen atoms in total. The second-order valence-corrected chi connectivity index (χ2v) is 5.80. The third-order valence-corrected chi connectivity index (χ3v) is 4.46. The Morgan fingerprint density at radius 3 is 2.00 bits per heavy atom. The lowest BCUT2D eigenvalue weighted by molar-refractivity contribution is 0.257. The van der Waals surface area contributed by atoms with Crippen LogP contribution in [0, 0.1) is 19.3 Å². The first kappa shape index (κ1) is 12.6. The van der Waals surface area contributed by atoms with Gasteiger partial charge < -0.3 is 5.73 Å². The monoisotopic (exact) mass is 231 g/mol. The van der Waals surface area contributed by atoms with Gasteiger partial charge in [-0.15, -0.1) is 0 Å². The van der Waals surface area contributed by atoms with E-state index >= 15 is 0 Å².